The summed E-state index contributed by atoms with van der Waals surface area (Å²) in [5.41, 5.74) is 7.30. The van der Waals surface area contributed by atoms with E-state index in [0.717, 1.165) is 58.7 Å². The molecule has 0 bridgehead atoms. The van der Waals surface area contributed by atoms with Gasteiger partial charge in [-0.3, -0.25) is 14.6 Å². The van der Waals surface area contributed by atoms with Crippen molar-refractivity contribution in [2.45, 2.75) is 25.4 Å². The van der Waals surface area contributed by atoms with Gasteiger partial charge in [-0.2, -0.15) is 11.3 Å². The topological polar surface area (TPSA) is 52.8 Å². The summed E-state index contributed by atoms with van der Waals surface area (Å²) in [7, 11) is 0. The van der Waals surface area contributed by atoms with Crippen LogP contribution in [0.4, 0.5) is 0 Å². The summed E-state index contributed by atoms with van der Waals surface area (Å²) in [6, 6.07) is 2.51. The van der Waals surface area contributed by atoms with Gasteiger partial charge in [-0.1, -0.05) is 0 Å². The van der Waals surface area contributed by atoms with Gasteiger partial charge in [0.1, 0.15) is 0 Å². The molecule has 2 aliphatic heterocycles. The SMILES string of the molecule is Cl.Cl.NC1CCN(CC(=O)N2CCN(Cc3ccsc3)CC2)CC1. The summed E-state index contributed by atoms with van der Waals surface area (Å²) in [6.45, 7) is 7.18. The number of thiophene rings is 1. The highest BCUT2D eigenvalue weighted by molar-refractivity contribution is 7.07. The van der Waals surface area contributed by atoms with Gasteiger partial charge in [-0.05, 0) is 35.2 Å². The van der Waals surface area contributed by atoms with Crippen molar-refractivity contribution in [3.8, 4) is 0 Å². The van der Waals surface area contributed by atoms with Gasteiger partial charge in [-0.25, -0.2) is 0 Å². The molecule has 0 saturated carbocycles. The van der Waals surface area contributed by atoms with Crippen molar-refractivity contribution in [3.63, 3.8) is 0 Å². The first kappa shape index (κ1) is 21.7. The lowest BCUT2D eigenvalue weighted by molar-refractivity contribution is -0.134. The fourth-order valence-corrected chi connectivity index (χ4v) is 3.86. The Morgan fingerprint density at radius 1 is 1.08 bits per heavy atom. The highest BCUT2D eigenvalue weighted by Gasteiger charge is 2.24. The van der Waals surface area contributed by atoms with Crippen LogP contribution in [-0.4, -0.2) is 72.5 Å². The molecule has 5 nitrogen and oxygen atoms in total. The minimum atomic E-state index is 0. The highest BCUT2D eigenvalue weighted by Crippen LogP contribution is 2.13. The maximum absolute atomic E-state index is 12.4. The average molecular weight is 395 g/mol. The molecule has 24 heavy (non-hydrogen) atoms. The van der Waals surface area contributed by atoms with Crippen molar-refractivity contribution in [3.05, 3.63) is 22.4 Å². The molecule has 138 valence electrons. The maximum Gasteiger partial charge on any atom is 0.236 e. The van der Waals surface area contributed by atoms with Gasteiger partial charge < -0.3 is 10.6 Å². The zero-order chi connectivity index (χ0) is 15.4. The van der Waals surface area contributed by atoms with Gasteiger partial charge in [0.05, 0.1) is 6.54 Å². The number of likely N-dealkylation sites (tertiary alicyclic amines) is 1. The van der Waals surface area contributed by atoms with Gasteiger partial charge in [0.15, 0.2) is 0 Å². The predicted octanol–water partition coefficient (Wildman–Crippen LogP) is 1.66. The Kier molecular flexibility index (Phi) is 9.56. The van der Waals surface area contributed by atoms with E-state index in [-0.39, 0.29) is 30.7 Å². The van der Waals surface area contributed by atoms with Crippen molar-refractivity contribution in [1.29, 1.82) is 0 Å². The molecule has 0 spiro atoms. The molecule has 1 aromatic heterocycles. The minimum absolute atomic E-state index is 0. The molecule has 2 fully saturated rings. The lowest BCUT2D eigenvalue weighted by Gasteiger charge is -2.36. The van der Waals surface area contributed by atoms with Crippen LogP contribution in [0.1, 0.15) is 18.4 Å². The first-order valence-electron chi connectivity index (χ1n) is 8.20. The molecule has 0 aliphatic carbocycles. The van der Waals surface area contributed by atoms with Gasteiger partial charge >= 0.3 is 0 Å². The maximum atomic E-state index is 12.4. The van der Waals surface area contributed by atoms with Crippen LogP contribution >= 0.6 is 36.2 Å². The molecule has 0 unspecified atom stereocenters. The van der Waals surface area contributed by atoms with Crippen LogP contribution in [-0.2, 0) is 11.3 Å². The number of piperidine rings is 1. The third-order valence-electron chi connectivity index (χ3n) is 4.70. The van der Waals surface area contributed by atoms with Crippen LogP contribution in [0.5, 0.6) is 0 Å². The van der Waals surface area contributed by atoms with Crippen molar-refractivity contribution < 1.29 is 4.79 Å². The molecule has 0 radical (unpaired) electrons. The predicted molar refractivity (Wildman–Crippen MR) is 104 cm³/mol. The number of nitrogens with zero attached hydrogens (tertiary/aromatic N) is 3. The summed E-state index contributed by atoms with van der Waals surface area (Å²) in [6.07, 6.45) is 2.03. The summed E-state index contributed by atoms with van der Waals surface area (Å²) in [4.78, 5) is 19.1. The Morgan fingerprint density at radius 2 is 1.75 bits per heavy atom. The summed E-state index contributed by atoms with van der Waals surface area (Å²) in [5.74, 6) is 0.283. The molecule has 3 heterocycles. The van der Waals surface area contributed by atoms with E-state index in [1.807, 2.05) is 4.90 Å². The minimum Gasteiger partial charge on any atom is -0.339 e. The summed E-state index contributed by atoms with van der Waals surface area (Å²) < 4.78 is 0. The van der Waals surface area contributed by atoms with Gasteiger partial charge in [-0.15, -0.1) is 24.8 Å². The Labute approximate surface area is 161 Å². The van der Waals surface area contributed by atoms with E-state index in [4.69, 9.17) is 5.73 Å². The molecule has 0 aromatic carbocycles. The molecule has 3 rings (SSSR count). The first-order chi connectivity index (χ1) is 10.7. The van der Waals surface area contributed by atoms with E-state index in [0.29, 0.717) is 12.6 Å². The highest BCUT2D eigenvalue weighted by atomic mass is 35.5. The molecule has 2 aliphatic rings. The molecule has 8 heteroatoms. The van der Waals surface area contributed by atoms with Crippen LogP contribution in [0.15, 0.2) is 16.8 Å². The average Bonchev–Trinajstić information content (AvgIpc) is 3.03. The number of rotatable bonds is 4. The Hall–Kier alpha value is -0.370. The Balaban J connectivity index is 0.00000144. The van der Waals surface area contributed by atoms with Gasteiger partial charge in [0.25, 0.3) is 0 Å². The normalized spacial score (nSPS) is 20.3. The number of carbonyl (C=O) groups excluding carboxylic acids is 1. The van der Waals surface area contributed by atoms with Crippen LogP contribution < -0.4 is 5.73 Å². The lowest BCUT2D eigenvalue weighted by Crippen LogP contribution is -2.52. The molecular weight excluding hydrogens is 367 g/mol. The molecule has 1 amide bonds. The standard InChI is InChI=1S/C16H26N4OS.2ClH/c17-15-1-4-18(5-2-15)12-16(21)20-8-6-19(7-9-20)11-14-3-10-22-13-14;;/h3,10,13,15H,1-2,4-9,11-12,17H2;2*1H. The van der Waals surface area contributed by atoms with E-state index in [1.54, 1.807) is 11.3 Å². The van der Waals surface area contributed by atoms with Gasteiger partial charge in [0, 0.05) is 51.9 Å². The fourth-order valence-electron chi connectivity index (χ4n) is 3.20. The molecular formula is C16H28Cl2N4OS. The molecule has 2 saturated heterocycles. The van der Waals surface area contributed by atoms with E-state index >= 15 is 0 Å². The quantitative estimate of drug-likeness (QED) is 0.843. The largest absolute Gasteiger partial charge is 0.339 e. The van der Waals surface area contributed by atoms with E-state index in [9.17, 15) is 4.79 Å². The summed E-state index contributed by atoms with van der Waals surface area (Å²) in [5, 5.41) is 4.33. The van der Waals surface area contributed by atoms with Crippen LogP contribution in [0.2, 0.25) is 0 Å². The second-order valence-corrected chi connectivity index (χ2v) is 7.18. The third-order valence-corrected chi connectivity index (χ3v) is 5.43. The third kappa shape index (κ3) is 6.17. The number of piperazine rings is 1. The lowest BCUT2D eigenvalue weighted by atomic mass is 10.1. The number of carbonyl (C=O) groups is 1. The van der Waals surface area contributed by atoms with Crippen LogP contribution in [0, 0.1) is 0 Å². The monoisotopic (exact) mass is 394 g/mol. The van der Waals surface area contributed by atoms with Crippen molar-refractivity contribution in [2.75, 3.05) is 45.8 Å². The first-order valence-corrected chi connectivity index (χ1v) is 9.14. The number of hydrogen-bond acceptors (Lipinski definition) is 5. The molecule has 0 atom stereocenters. The van der Waals surface area contributed by atoms with E-state index in [2.05, 4.69) is 26.6 Å². The zero-order valence-electron chi connectivity index (χ0n) is 13.9. The second-order valence-electron chi connectivity index (χ2n) is 6.40. The number of halogens is 2. The van der Waals surface area contributed by atoms with Crippen LogP contribution in [0.25, 0.3) is 0 Å². The van der Waals surface area contributed by atoms with Crippen molar-refractivity contribution in [1.82, 2.24) is 14.7 Å². The fraction of sp³-hybridized carbons (Fsp3) is 0.688. The number of amides is 1. The smallest absolute Gasteiger partial charge is 0.236 e. The van der Waals surface area contributed by atoms with Crippen molar-refractivity contribution >= 4 is 42.1 Å². The molecule has 2 N–H and O–H groups in total. The van der Waals surface area contributed by atoms with E-state index in [1.165, 1.54) is 5.56 Å². The summed E-state index contributed by atoms with van der Waals surface area (Å²) >= 11 is 1.75. The van der Waals surface area contributed by atoms with Crippen molar-refractivity contribution in [2.24, 2.45) is 5.73 Å². The Morgan fingerprint density at radius 3 is 2.33 bits per heavy atom. The Bertz CT molecular complexity index is 472. The second kappa shape index (κ2) is 10.6. The van der Waals surface area contributed by atoms with Gasteiger partial charge in [0.2, 0.25) is 5.91 Å². The number of hydrogen-bond donors (Lipinski definition) is 1. The van der Waals surface area contributed by atoms with Crippen LogP contribution in [0.3, 0.4) is 0 Å². The number of nitrogens with two attached hydrogens (primary N) is 1. The van der Waals surface area contributed by atoms with E-state index < -0.39 is 0 Å². The molecule has 1 aromatic rings. The zero-order valence-corrected chi connectivity index (χ0v) is 16.4.